The Hall–Kier alpha value is -2.75. The second kappa shape index (κ2) is 5.41. The van der Waals surface area contributed by atoms with Crippen LogP contribution in [-0.4, -0.2) is 16.5 Å². The Morgan fingerprint density at radius 2 is 1.92 bits per heavy atom. The Balaban J connectivity index is 1.57. The maximum Gasteiger partial charge on any atom is 0.298 e. The van der Waals surface area contributed by atoms with Gasteiger partial charge in [-0.15, -0.1) is 0 Å². The highest BCUT2D eigenvalue weighted by atomic mass is 16.4. The Morgan fingerprint density at radius 1 is 1.04 bits per heavy atom. The number of aromatic amines is 1. The molecule has 2 aromatic carbocycles. The molecule has 0 amide bonds. The number of hydrogen-bond donors (Lipinski definition) is 1. The first kappa shape index (κ1) is 13.7. The van der Waals surface area contributed by atoms with Crippen LogP contribution in [0.3, 0.4) is 0 Å². The van der Waals surface area contributed by atoms with Crippen LogP contribution in [0, 0.1) is 0 Å². The van der Waals surface area contributed by atoms with E-state index < -0.39 is 0 Å². The highest BCUT2D eigenvalue weighted by molar-refractivity contribution is 5.80. The molecule has 0 saturated carbocycles. The molecule has 1 N–H and O–H groups in total. The number of nitrogens with zero attached hydrogens (tertiary/aromatic N) is 2. The van der Waals surface area contributed by atoms with E-state index in [0.29, 0.717) is 6.04 Å². The summed E-state index contributed by atoms with van der Waals surface area (Å²) in [5, 5.41) is 1.26. The fraction of sp³-hybridized carbons (Fsp3) is 0.250. The van der Waals surface area contributed by atoms with Crippen LogP contribution in [0.1, 0.15) is 31.0 Å². The zero-order valence-corrected chi connectivity index (χ0v) is 13.4. The lowest BCUT2D eigenvalue weighted by atomic mass is 10.00. The number of para-hydroxylation sites is 3. The molecule has 4 nitrogen and oxygen atoms in total. The summed E-state index contributed by atoms with van der Waals surface area (Å²) in [7, 11) is 0. The van der Waals surface area contributed by atoms with Gasteiger partial charge < -0.3 is 14.3 Å². The molecule has 0 spiro atoms. The molecule has 2 aromatic heterocycles. The SMILES string of the molecule is c1ccc2[nH]c([C@H]3CCCCN3c3nc4ccccc4o3)cc2c1. The van der Waals surface area contributed by atoms with Gasteiger partial charge in [-0.05, 0) is 48.9 Å². The summed E-state index contributed by atoms with van der Waals surface area (Å²) in [6, 6.07) is 19.7. The lowest BCUT2D eigenvalue weighted by molar-refractivity contribution is 0.428. The monoisotopic (exact) mass is 317 g/mol. The van der Waals surface area contributed by atoms with Crippen molar-refractivity contribution in [2.45, 2.75) is 25.3 Å². The van der Waals surface area contributed by atoms with Gasteiger partial charge in [0.25, 0.3) is 6.01 Å². The fourth-order valence-electron chi connectivity index (χ4n) is 3.74. The van der Waals surface area contributed by atoms with Gasteiger partial charge in [-0.2, -0.15) is 4.98 Å². The third-order valence-corrected chi connectivity index (χ3v) is 4.94. The molecule has 1 saturated heterocycles. The summed E-state index contributed by atoms with van der Waals surface area (Å²) < 4.78 is 6.03. The molecule has 1 fully saturated rings. The zero-order valence-electron chi connectivity index (χ0n) is 13.4. The van der Waals surface area contributed by atoms with Gasteiger partial charge in [-0.25, -0.2) is 0 Å². The first-order valence-corrected chi connectivity index (χ1v) is 8.58. The van der Waals surface area contributed by atoms with Crippen LogP contribution in [0.15, 0.2) is 59.0 Å². The second-order valence-electron chi connectivity index (χ2n) is 6.48. The van der Waals surface area contributed by atoms with Gasteiger partial charge >= 0.3 is 0 Å². The van der Waals surface area contributed by atoms with Crippen molar-refractivity contribution in [2.75, 3.05) is 11.4 Å². The van der Waals surface area contributed by atoms with Crippen LogP contribution in [0.4, 0.5) is 6.01 Å². The molecule has 1 aliphatic rings. The molecule has 0 radical (unpaired) electrons. The summed E-state index contributed by atoms with van der Waals surface area (Å²) in [6.45, 7) is 0.979. The normalized spacial score (nSPS) is 18.5. The number of benzene rings is 2. The number of H-pyrrole nitrogens is 1. The van der Waals surface area contributed by atoms with E-state index in [9.17, 15) is 0 Å². The largest absolute Gasteiger partial charge is 0.423 e. The zero-order chi connectivity index (χ0) is 15.9. The van der Waals surface area contributed by atoms with Gasteiger partial charge in [-0.3, -0.25) is 0 Å². The molecule has 0 aliphatic carbocycles. The van der Waals surface area contributed by atoms with Crippen molar-refractivity contribution in [3.8, 4) is 0 Å². The summed E-state index contributed by atoms with van der Waals surface area (Å²) >= 11 is 0. The molecule has 1 aliphatic heterocycles. The molecule has 0 bridgehead atoms. The number of anilines is 1. The first-order chi connectivity index (χ1) is 11.9. The van der Waals surface area contributed by atoms with Gasteiger partial charge in [0.15, 0.2) is 5.58 Å². The Morgan fingerprint density at radius 3 is 2.83 bits per heavy atom. The van der Waals surface area contributed by atoms with Crippen molar-refractivity contribution in [3.05, 3.63) is 60.3 Å². The summed E-state index contributed by atoms with van der Waals surface area (Å²) in [4.78, 5) is 10.6. The van der Waals surface area contributed by atoms with E-state index in [2.05, 4.69) is 40.2 Å². The number of nitrogens with one attached hydrogen (secondary N) is 1. The van der Waals surface area contributed by atoms with Crippen LogP contribution < -0.4 is 4.90 Å². The quantitative estimate of drug-likeness (QED) is 0.563. The van der Waals surface area contributed by atoms with E-state index in [1.807, 2.05) is 24.3 Å². The van der Waals surface area contributed by atoms with E-state index >= 15 is 0 Å². The second-order valence-corrected chi connectivity index (χ2v) is 6.48. The van der Waals surface area contributed by atoms with Gasteiger partial charge in [0.05, 0.1) is 6.04 Å². The van der Waals surface area contributed by atoms with E-state index in [0.717, 1.165) is 30.1 Å². The molecule has 4 heteroatoms. The topological polar surface area (TPSA) is 45.1 Å². The van der Waals surface area contributed by atoms with Crippen LogP contribution in [-0.2, 0) is 0 Å². The van der Waals surface area contributed by atoms with Gasteiger partial charge in [0.2, 0.25) is 0 Å². The minimum Gasteiger partial charge on any atom is -0.423 e. The molecular weight excluding hydrogens is 298 g/mol. The van der Waals surface area contributed by atoms with Gasteiger partial charge in [0.1, 0.15) is 5.52 Å². The number of piperidine rings is 1. The average Bonchev–Trinajstić information content (AvgIpc) is 3.25. The highest BCUT2D eigenvalue weighted by Crippen LogP contribution is 2.36. The predicted molar refractivity (Wildman–Crippen MR) is 96.2 cm³/mol. The first-order valence-electron chi connectivity index (χ1n) is 8.58. The van der Waals surface area contributed by atoms with E-state index in [1.165, 1.54) is 29.4 Å². The Labute approximate surface area is 140 Å². The van der Waals surface area contributed by atoms with Crippen molar-refractivity contribution in [1.29, 1.82) is 0 Å². The Bertz CT molecular complexity index is 852. The van der Waals surface area contributed by atoms with Crippen LogP contribution >= 0.6 is 0 Å². The van der Waals surface area contributed by atoms with Crippen LogP contribution in [0.5, 0.6) is 0 Å². The minimum atomic E-state index is 0.291. The van der Waals surface area contributed by atoms with Crippen molar-refractivity contribution in [1.82, 2.24) is 9.97 Å². The third-order valence-electron chi connectivity index (χ3n) is 4.94. The minimum absolute atomic E-state index is 0.291. The number of fused-ring (bicyclic) bond motifs is 2. The number of aromatic nitrogens is 2. The molecular formula is C20H19N3O. The number of hydrogen-bond acceptors (Lipinski definition) is 3. The van der Waals surface area contributed by atoms with Crippen molar-refractivity contribution >= 4 is 28.0 Å². The van der Waals surface area contributed by atoms with E-state index in [1.54, 1.807) is 0 Å². The average molecular weight is 317 g/mol. The lowest BCUT2D eigenvalue weighted by Gasteiger charge is -2.34. The molecule has 3 heterocycles. The molecule has 0 unspecified atom stereocenters. The van der Waals surface area contributed by atoms with Crippen molar-refractivity contribution in [3.63, 3.8) is 0 Å². The van der Waals surface area contributed by atoms with Crippen LogP contribution in [0.25, 0.3) is 22.0 Å². The van der Waals surface area contributed by atoms with E-state index in [4.69, 9.17) is 9.40 Å². The fourth-order valence-corrected chi connectivity index (χ4v) is 3.74. The van der Waals surface area contributed by atoms with Gasteiger partial charge in [-0.1, -0.05) is 30.3 Å². The van der Waals surface area contributed by atoms with Crippen LogP contribution in [0.2, 0.25) is 0 Å². The summed E-state index contributed by atoms with van der Waals surface area (Å²) in [5.74, 6) is 0. The molecule has 120 valence electrons. The number of rotatable bonds is 2. The maximum atomic E-state index is 6.03. The standard InChI is InChI=1S/C20H19N3O/c1-2-8-15-14(7-1)13-17(21-15)18-10-5-6-12-23(18)20-22-16-9-3-4-11-19(16)24-20/h1-4,7-9,11,13,18,21H,5-6,10,12H2/t18-/m1/s1. The predicted octanol–water partition coefficient (Wildman–Crippen LogP) is 5.04. The van der Waals surface area contributed by atoms with Gasteiger partial charge in [0, 0.05) is 17.8 Å². The molecule has 4 aromatic rings. The highest BCUT2D eigenvalue weighted by Gasteiger charge is 2.28. The maximum absolute atomic E-state index is 6.03. The van der Waals surface area contributed by atoms with Crippen molar-refractivity contribution < 1.29 is 4.42 Å². The molecule has 5 rings (SSSR count). The summed E-state index contributed by atoms with van der Waals surface area (Å²) in [6.07, 6.45) is 3.53. The summed E-state index contributed by atoms with van der Waals surface area (Å²) in [5.41, 5.74) is 4.22. The molecule has 1 atom stereocenters. The smallest absolute Gasteiger partial charge is 0.298 e. The van der Waals surface area contributed by atoms with Crippen molar-refractivity contribution in [2.24, 2.45) is 0 Å². The lowest BCUT2D eigenvalue weighted by Crippen LogP contribution is -2.33. The van der Waals surface area contributed by atoms with E-state index in [-0.39, 0.29) is 0 Å². The number of oxazole rings is 1. The Kier molecular flexibility index (Phi) is 3.08. The third kappa shape index (κ3) is 2.18. The molecule has 24 heavy (non-hydrogen) atoms.